The van der Waals surface area contributed by atoms with Crippen molar-refractivity contribution in [2.75, 3.05) is 26.3 Å². The fourth-order valence-electron chi connectivity index (χ4n) is 2.49. The van der Waals surface area contributed by atoms with E-state index in [2.05, 4.69) is 10.6 Å². The molecule has 2 fully saturated rings. The maximum absolute atomic E-state index is 12.0. The molecule has 0 aromatic carbocycles. The number of carbonyl (C=O) groups is 2. The average molecular weight is 269 g/mol. The van der Waals surface area contributed by atoms with Crippen LogP contribution in [-0.4, -0.2) is 60.6 Å². The van der Waals surface area contributed by atoms with Crippen molar-refractivity contribution in [2.45, 2.75) is 44.8 Å². The lowest BCUT2D eigenvalue weighted by Gasteiger charge is -2.32. The summed E-state index contributed by atoms with van der Waals surface area (Å²) in [6.07, 6.45) is 0.386. The monoisotopic (exact) mass is 269 g/mol. The standard InChI is InChI=1S/C13H23N3O3/c1-13(2,3)16-7-9(6-11(16)17)15-12(18)10-8-19-5-4-14-10/h9-10,14H,4-8H2,1-3H3,(H,15,18). The number of ether oxygens (including phenoxy) is 1. The molecule has 0 aromatic rings. The van der Waals surface area contributed by atoms with Gasteiger partial charge in [0.05, 0.1) is 19.3 Å². The van der Waals surface area contributed by atoms with Gasteiger partial charge in [0.1, 0.15) is 6.04 Å². The van der Waals surface area contributed by atoms with E-state index in [-0.39, 0.29) is 29.4 Å². The fraction of sp³-hybridized carbons (Fsp3) is 0.846. The normalized spacial score (nSPS) is 28.6. The second kappa shape index (κ2) is 5.46. The molecule has 0 radical (unpaired) electrons. The molecule has 6 nitrogen and oxygen atoms in total. The van der Waals surface area contributed by atoms with E-state index in [1.165, 1.54) is 0 Å². The van der Waals surface area contributed by atoms with Crippen molar-refractivity contribution in [1.29, 1.82) is 0 Å². The van der Waals surface area contributed by atoms with Gasteiger partial charge in [-0.2, -0.15) is 0 Å². The SMILES string of the molecule is CC(C)(C)N1CC(NC(=O)C2COCCN2)CC1=O. The quantitative estimate of drug-likeness (QED) is 0.708. The lowest BCUT2D eigenvalue weighted by atomic mass is 10.1. The van der Waals surface area contributed by atoms with Gasteiger partial charge in [0.2, 0.25) is 11.8 Å². The molecular weight excluding hydrogens is 246 g/mol. The molecule has 0 aliphatic carbocycles. The molecular formula is C13H23N3O3. The number of hydrogen-bond donors (Lipinski definition) is 2. The van der Waals surface area contributed by atoms with Crippen molar-refractivity contribution >= 4 is 11.8 Å². The van der Waals surface area contributed by atoms with Crippen LogP contribution < -0.4 is 10.6 Å². The summed E-state index contributed by atoms with van der Waals surface area (Å²) in [4.78, 5) is 25.8. The second-order valence-electron chi connectivity index (χ2n) is 6.17. The third-order valence-electron chi connectivity index (χ3n) is 3.52. The highest BCUT2D eigenvalue weighted by Gasteiger charge is 2.37. The van der Waals surface area contributed by atoms with Crippen molar-refractivity contribution in [3.05, 3.63) is 0 Å². The summed E-state index contributed by atoms with van der Waals surface area (Å²) in [7, 11) is 0. The van der Waals surface area contributed by atoms with Crippen LogP contribution in [0, 0.1) is 0 Å². The topological polar surface area (TPSA) is 70.7 Å². The smallest absolute Gasteiger partial charge is 0.239 e. The number of nitrogens with one attached hydrogen (secondary N) is 2. The minimum atomic E-state index is -0.299. The first-order valence-electron chi connectivity index (χ1n) is 6.80. The van der Waals surface area contributed by atoms with Gasteiger partial charge in [-0.1, -0.05) is 0 Å². The summed E-state index contributed by atoms with van der Waals surface area (Å²) < 4.78 is 5.26. The van der Waals surface area contributed by atoms with Crippen LogP contribution in [0.2, 0.25) is 0 Å². The number of rotatable bonds is 2. The number of morpholine rings is 1. The van der Waals surface area contributed by atoms with Crippen LogP contribution in [0.25, 0.3) is 0 Å². The summed E-state index contributed by atoms with van der Waals surface area (Å²) in [5.74, 6) is 0.0268. The van der Waals surface area contributed by atoms with Crippen LogP contribution in [-0.2, 0) is 14.3 Å². The fourth-order valence-corrected chi connectivity index (χ4v) is 2.49. The predicted molar refractivity (Wildman–Crippen MR) is 70.6 cm³/mol. The van der Waals surface area contributed by atoms with Crippen LogP contribution in [0.15, 0.2) is 0 Å². The van der Waals surface area contributed by atoms with Gasteiger partial charge in [-0.15, -0.1) is 0 Å². The first-order chi connectivity index (χ1) is 8.88. The minimum absolute atomic E-state index is 0.0757. The molecule has 2 N–H and O–H groups in total. The highest BCUT2D eigenvalue weighted by molar-refractivity contribution is 5.85. The van der Waals surface area contributed by atoms with Crippen molar-refractivity contribution in [3.63, 3.8) is 0 Å². The van der Waals surface area contributed by atoms with Crippen molar-refractivity contribution in [3.8, 4) is 0 Å². The molecule has 6 heteroatoms. The lowest BCUT2D eigenvalue weighted by molar-refractivity contribution is -0.131. The van der Waals surface area contributed by atoms with Gasteiger partial charge in [-0.25, -0.2) is 0 Å². The van der Waals surface area contributed by atoms with E-state index in [1.807, 2.05) is 25.7 Å². The minimum Gasteiger partial charge on any atom is -0.378 e. The Labute approximate surface area is 113 Å². The van der Waals surface area contributed by atoms with Crippen LogP contribution >= 0.6 is 0 Å². The summed E-state index contributed by atoms with van der Waals surface area (Å²) in [5, 5.41) is 6.05. The summed E-state index contributed by atoms with van der Waals surface area (Å²) in [5.41, 5.74) is -0.192. The maximum atomic E-state index is 12.0. The van der Waals surface area contributed by atoms with E-state index in [1.54, 1.807) is 0 Å². The Bertz CT molecular complexity index is 359. The van der Waals surface area contributed by atoms with E-state index >= 15 is 0 Å². The molecule has 0 saturated carbocycles. The number of nitrogens with zero attached hydrogens (tertiary/aromatic N) is 1. The number of likely N-dealkylation sites (tertiary alicyclic amines) is 1. The Morgan fingerprint density at radius 2 is 2.21 bits per heavy atom. The zero-order chi connectivity index (χ0) is 14.0. The van der Waals surface area contributed by atoms with E-state index in [0.29, 0.717) is 32.7 Å². The molecule has 0 spiro atoms. The lowest BCUT2D eigenvalue weighted by Crippen LogP contribution is -2.54. The third kappa shape index (κ3) is 3.45. The highest BCUT2D eigenvalue weighted by atomic mass is 16.5. The van der Waals surface area contributed by atoms with E-state index in [9.17, 15) is 9.59 Å². The van der Waals surface area contributed by atoms with Gasteiger partial charge >= 0.3 is 0 Å². The van der Waals surface area contributed by atoms with Gasteiger partial charge in [0.25, 0.3) is 0 Å². The Balaban J connectivity index is 1.87. The maximum Gasteiger partial charge on any atom is 0.239 e. The van der Waals surface area contributed by atoms with Crippen molar-refractivity contribution < 1.29 is 14.3 Å². The van der Waals surface area contributed by atoms with Gasteiger partial charge in [0, 0.05) is 25.0 Å². The predicted octanol–water partition coefficient (Wildman–Crippen LogP) is -0.510. The third-order valence-corrected chi connectivity index (χ3v) is 3.52. The highest BCUT2D eigenvalue weighted by Crippen LogP contribution is 2.21. The Morgan fingerprint density at radius 1 is 1.47 bits per heavy atom. The van der Waals surface area contributed by atoms with Crippen LogP contribution in [0.4, 0.5) is 0 Å². The first-order valence-corrected chi connectivity index (χ1v) is 6.80. The number of amides is 2. The Hall–Kier alpha value is -1.14. The molecule has 2 heterocycles. The number of carbonyl (C=O) groups excluding carboxylic acids is 2. The number of hydrogen-bond acceptors (Lipinski definition) is 4. The van der Waals surface area contributed by atoms with E-state index in [4.69, 9.17) is 4.74 Å². The summed E-state index contributed by atoms with van der Waals surface area (Å²) >= 11 is 0. The summed E-state index contributed by atoms with van der Waals surface area (Å²) in [6.45, 7) is 8.33. The van der Waals surface area contributed by atoms with Crippen LogP contribution in [0.3, 0.4) is 0 Å². The molecule has 0 bridgehead atoms. The molecule has 2 atom stereocenters. The molecule has 0 aromatic heterocycles. The van der Waals surface area contributed by atoms with Crippen molar-refractivity contribution in [2.24, 2.45) is 0 Å². The van der Waals surface area contributed by atoms with Gasteiger partial charge in [-0.05, 0) is 20.8 Å². The molecule has 2 amide bonds. The summed E-state index contributed by atoms with van der Waals surface area (Å²) in [6, 6.07) is -0.393. The van der Waals surface area contributed by atoms with Gasteiger partial charge < -0.3 is 20.3 Å². The molecule has 108 valence electrons. The van der Waals surface area contributed by atoms with E-state index in [0.717, 1.165) is 0 Å². The molecule has 19 heavy (non-hydrogen) atoms. The van der Waals surface area contributed by atoms with Crippen LogP contribution in [0.5, 0.6) is 0 Å². The molecule has 2 rings (SSSR count). The average Bonchev–Trinajstić information content (AvgIpc) is 2.71. The van der Waals surface area contributed by atoms with Gasteiger partial charge in [-0.3, -0.25) is 9.59 Å². The Morgan fingerprint density at radius 3 is 2.74 bits per heavy atom. The second-order valence-corrected chi connectivity index (χ2v) is 6.17. The zero-order valence-corrected chi connectivity index (χ0v) is 11.9. The van der Waals surface area contributed by atoms with Gasteiger partial charge in [0.15, 0.2) is 0 Å². The van der Waals surface area contributed by atoms with Crippen LogP contribution in [0.1, 0.15) is 27.2 Å². The molecule has 2 aliphatic rings. The van der Waals surface area contributed by atoms with Crippen molar-refractivity contribution in [1.82, 2.24) is 15.5 Å². The van der Waals surface area contributed by atoms with E-state index < -0.39 is 0 Å². The first kappa shape index (κ1) is 14.3. The molecule has 2 saturated heterocycles. The largest absolute Gasteiger partial charge is 0.378 e. The molecule has 2 aliphatic heterocycles. The Kier molecular flexibility index (Phi) is 4.10. The molecule has 2 unspecified atom stereocenters. The zero-order valence-electron chi connectivity index (χ0n) is 11.9.